The van der Waals surface area contributed by atoms with E-state index in [0.717, 1.165) is 25.5 Å². The maximum Gasteiger partial charge on any atom is 0.111 e. The molecule has 0 saturated carbocycles. The number of hydrogen-bond donors (Lipinski definition) is 1. The summed E-state index contributed by atoms with van der Waals surface area (Å²) in [6.45, 7) is 3.19. The third kappa shape index (κ3) is 4.05. The molecule has 0 aromatic carbocycles. The largest absolute Gasteiger partial charge is 0.385 e. The fraction of sp³-hybridized carbons (Fsp3) is 0.800. The van der Waals surface area contributed by atoms with Crippen LogP contribution in [0.2, 0.25) is 0 Å². The van der Waals surface area contributed by atoms with Crippen LogP contribution in [0, 0.1) is 5.92 Å². The molecule has 1 aromatic rings. The van der Waals surface area contributed by atoms with Gasteiger partial charge >= 0.3 is 0 Å². The lowest BCUT2D eigenvalue weighted by Gasteiger charge is -2.30. The molecule has 2 rings (SSSR count). The van der Waals surface area contributed by atoms with Gasteiger partial charge in [-0.3, -0.25) is 0 Å². The summed E-state index contributed by atoms with van der Waals surface area (Å²) in [4.78, 5) is 4.59. The van der Waals surface area contributed by atoms with Crippen LogP contribution in [0.4, 0.5) is 0 Å². The quantitative estimate of drug-likeness (QED) is 0.769. The number of rotatable bonds is 7. The summed E-state index contributed by atoms with van der Waals surface area (Å²) in [7, 11) is 3.89. The summed E-state index contributed by atoms with van der Waals surface area (Å²) in [5.74, 6) is 2.58. The number of nitrogens with one attached hydrogen (secondary N) is 1. The predicted molar refractivity (Wildman–Crippen MR) is 77.3 cm³/mol. The van der Waals surface area contributed by atoms with E-state index in [-0.39, 0.29) is 0 Å². The topological polar surface area (TPSA) is 39.1 Å². The van der Waals surface area contributed by atoms with Gasteiger partial charge in [0, 0.05) is 39.1 Å². The maximum absolute atomic E-state index is 5.15. The smallest absolute Gasteiger partial charge is 0.111 e. The summed E-state index contributed by atoms with van der Waals surface area (Å²) in [6.07, 6.45) is 10.2. The minimum Gasteiger partial charge on any atom is -0.385 e. The normalized spacial score (nSPS) is 21.5. The van der Waals surface area contributed by atoms with Crippen LogP contribution >= 0.6 is 0 Å². The number of ether oxygens (including phenoxy) is 1. The van der Waals surface area contributed by atoms with Crippen LogP contribution in [0.25, 0.3) is 0 Å². The Hall–Kier alpha value is -0.870. The highest BCUT2D eigenvalue weighted by Gasteiger charge is 2.27. The second-order valence-corrected chi connectivity index (χ2v) is 5.60. The van der Waals surface area contributed by atoms with Gasteiger partial charge < -0.3 is 14.6 Å². The van der Waals surface area contributed by atoms with Crippen molar-refractivity contribution in [1.82, 2.24) is 14.9 Å². The Labute approximate surface area is 116 Å². The third-order valence-corrected chi connectivity index (χ3v) is 4.21. The highest BCUT2D eigenvalue weighted by Crippen LogP contribution is 2.32. The molecule has 4 heteroatoms. The average molecular weight is 265 g/mol. The van der Waals surface area contributed by atoms with Gasteiger partial charge in [-0.05, 0) is 44.7 Å². The van der Waals surface area contributed by atoms with E-state index in [1.54, 1.807) is 7.11 Å². The lowest BCUT2D eigenvalue weighted by Crippen LogP contribution is -2.34. The molecule has 0 unspecified atom stereocenters. The first-order valence-corrected chi connectivity index (χ1v) is 7.49. The summed E-state index contributed by atoms with van der Waals surface area (Å²) in [6, 6.07) is 0. The Morgan fingerprint density at radius 3 is 3.05 bits per heavy atom. The average Bonchev–Trinajstić information content (AvgIpc) is 2.86. The van der Waals surface area contributed by atoms with Crippen molar-refractivity contribution in [1.29, 1.82) is 0 Å². The Balaban J connectivity index is 1.98. The molecule has 1 aliphatic rings. The molecule has 1 N–H and O–H groups in total. The standard InChI is InChI=1S/C15H27N3O/c1-18-10-9-17-15(18)14(7-3-4-11-19-2)13-6-5-8-16-12-13/h9-10,13-14,16H,3-8,11-12H2,1-2H3/t13-,14-/m0/s1. The molecule has 2 atom stereocenters. The zero-order chi connectivity index (χ0) is 13.5. The van der Waals surface area contributed by atoms with E-state index in [9.17, 15) is 0 Å². The minimum absolute atomic E-state index is 0.588. The number of aryl methyl sites for hydroxylation is 1. The van der Waals surface area contributed by atoms with Crippen molar-refractivity contribution in [3.05, 3.63) is 18.2 Å². The molecule has 1 saturated heterocycles. The summed E-state index contributed by atoms with van der Waals surface area (Å²) >= 11 is 0. The van der Waals surface area contributed by atoms with E-state index in [1.807, 2.05) is 6.20 Å². The van der Waals surface area contributed by atoms with Crippen LogP contribution in [0.1, 0.15) is 43.8 Å². The molecular weight excluding hydrogens is 238 g/mol. The van der Waals surface area contributed by atoms with E-state index in [4.69, 9.17) is 4.74 Å². The van der Waals surface area contributed by atoms with E-state index in [2.05, 4.69) is 28.1 Å². The molecule has 1 aliphatic heterocycles. The second-order valence-electron chi connectivity index (χ2n) is 5.60. The fourth-order valence-corrected chi connectivity index (χ4v) is 3.14. The van der Waals surface area contributed by atoms with Crippen LogP contribution in [-0.4, -0.2) is 36.4 Å². The van der Waals surface area contributed by atoms with E-state index < -0.39 is 0 Å². The molecule has 0 aliphatic carbocycles. The molecule has 2 heterocycles. The first-order chi connectivity index (χ1) is 9.33. The van der Waals surface area contributed by atoms with Crippen molar-refractivity contribution in [3.8, 4) is 0 Å². The van der Waals surface area contributed by atoms with Gasteiger partial charge in [-0.2, -0.15) is 0 Å². The lowest BCUT2D eigenvalue weighted by molar-refractivity contribution is 0.188. The number of nitrogens with zero attached hydrogens (tertiary/aromatic N) is 2. The molecule has 4 nitrogen and oxygen atoms in total. The van der Waals surface area contributed by atoms with Crippen molar-refractivity contribution in [2.75, 3.05) is 26.8 Å². The van der Waals surface area contributed by atoms with Crippen molar-refractivity contribution in [2.24, 2.45) is 13.0 Å². The Morgan fingerprint density at radius 1 is 1.53 bits per heavy atom. The van der Waals surface area contributed by atoms with Gasteiger partial charge in [-0.1, -0.05) is 6.42 Å². The predicted octanol–water partition coefficient (Wildman–Crippen LogP) is 2.32. The number of piperidine rings is 1. The Bertz CT molecular complexity index is 358. The van der Waals surface area contributed by atoms with Crippen LogP contribution in [0.5, 0.6) is 0 Å². The molecule has 1 fully saturated rings. The van der Waals surface area contributed by atoms with E-state index in [0.29, 0.717) is 5.92 Å². The monoisotopic (exact) mass is 265 g/mol. The van der Waals surface area contributed by atoms with Crippen LogP contribution < -0.4 is 5.32 Å². The number of aromatic nitrogens is 2. The summed E-state index contributed by atoms with van der Waals surface area (Å²) < 4.78 is 7.34. The number of methoxy groups -OCH3 is 1. The second kappa shape index (κ2) is 7.65. The third-order valence-electron chi connectivity index (χ3n) is 4.21. The summed E-state index contributed by atoms with van der Waals surface area (Å²) in [5.41, 5.74) is 0. The minimum atomic E-state index is 0.588. The molecule has 0 spiro atoms. The number of unbranched alkanes of at least 4 members (excludes halogenated alkanes) is 1. The van der Waals surface area contributed by atoms with E-state index in [1.165, 1.54) is 38.1 Å². The van der Waals surface area contributed by atoms with Gasteiger partial charge in [0.25, 0.3) is 0 Å². The Kier molecular flexibility index (Phi) is 5.86. The highest BCUT2D eigenvalue weighted by atomic mass is 16.5. The number of hydrogen-bond acceptors (Lipinski definition) is 3. The van der Waals surface area contributed by atoms with Crippen molar-refractivity contribution < 1.29 is 4.74 Å². The van der Waals surface area contributed by atoms with Crippen LogP contribution in [0.3, 0.4) is 0 Å². The molecule has 0 bridgehead atoms. The van der Waals surface area contributed by atoms with Gasteiger partial charge in [0.1, 0.15) is 5.82 Å². The van der Waals surface area contributed by atoms with Gasteiger partial charge in [0.05, 0.1) is 0 Å². The van der Waals surface area contributed by atoms with Crippen LogP contribution in [0.15, 0.2) is 12.4 Å². The molecule has 108 valence electrons. The SMILES string of the molecule is COCCCC[C@H](c1nccn1C)[C@H]1CCCNC1. The van der Waals surface area contributed by atoms with Crippen molar-refractivity contribution >= 4 is 0 Å². The van der Waals surface area contributed by atoms with Crippen molar-refractivity contribution in [2.45, 2.75) is 38.0 Å². The first-order valence-electron chi connectivity index (χ1n) is 7.49. The first kappa shape index (κ1) is 14.5. The zero-order valence-electron chi connectivity index (χ0n) is 12.3. The number of imidazole rings is 1. The van der Waals surface area contributed by atoms with E-state index >= 15 is 0 Å². The highest BCUT2D eigenvalue weighted by molar-refractivity contribution is 5.03. The van der Waals surface area contributed by atoms with Gasteiger partial charge in [0.2, 0.25) is 0 Å². The fourth-order valence-electron chi connectivity index (χ4n) is 3.14. The maximum atomic E-state index is 5.15. The lowest BCUT2D eigenvalue weighted by atomic mass is 9.82. The molecule has 1 aromatic heterocycles. The molecule has 0 radical (unpaired) electrons. The molecule has 0 amide bonds. The Morgan fingerprint density at radius 2 is 2.42 bits per heavy atom. The van der Waals surface area contributed by atoms with Crippen molar-refractivity contribution in [3.63, 3.8) is 0 Å². The zero-order valence-corrected chi connectivity index (χ0v) is 12.3. The summed E-state index contributed by atoms with van der Waals surface area (Å²) in [5, 5.41) is 3.54. The molecule has 19 heavy (non-hydrogen) atoms. The van der Waals surface area contributed by atoms with Gasteiger partial charge in [-0.15, -0.1) is 0 Å². The van der Waals surface area contributed by atoms with Gasteiger partial charge in [0.15, 0.2) is 0 Å². The van der Waals surface area contributed by atoms with Crippen LogP contribution in [-0.2, 0) is 11.8 Å². The van der Waals surface area contributed by atoms with Gasteiger partial charge in [-0.25, -0.2) is 4.98 Å². The molecular formula is C15H27N3O.